The minimum atomic E-state index is -3.22. The molecule has 1 aliphatic heterocycles. The molecular formula is C22H34N2O2S. The first kappa shape index (κ1) is 19.3. The van der Waals surface area contributed by atoms with E-state index >= 15 is 0 Å². The van der Waals surface area contributed by atoms with Crippen molar-refractivity contribution in [3.63, 3.8) is 0 Å². The van der Waals surface area contributed by atoms with Crippen LogP contribution >= 0.6 is 0 Å². The number of nitrogens with one attached hydrogen (secondary N) is 1. The summed E-state index contributed by atoms with van der Waals surface area (Å²) in [5.74, 6) is 2.44. The molecule has 4 nitrogen and oxygen atoms in total. The van der Waals surface area contributed by atoms with Gasteiger partial charge in [0.15, 0.2) is 0 Å². The highest BCUT2D eigenvalue weighted by atomic mass is 32.2. The Morgan fingerprint density at radius 3 is 2.52 bits per heavy atom. The molecule has 3 aliphatic rings. The van der Waals surface area contributed by atoms with Gasteiger partial charge >= 0.3 is 0 Å². The highest BCUT2D eigenvalue weighted by Crippen LogP contribution is 2.63. The van der Waals surface area contributed by atoms with Crippen molar-refractivity contribution in [1.29, 1.82) is 0 Å². The molecule has 2 aliphatic carbocycles. The maximum Gasteiger partial charge on any atom is 0.229 e. The van der Waals surface area contributed by atoms with Crippen LogP contribution in [0.3, 0.4) is 0 Å². The Kier molecular flexibility index (Phi) is 5.28. The van der Waals surface area contributed by atoms with E-state index < -0.39 is 10.0 Å². The third-order valence-electron chi connectivity index (χ3n) is 7.43. The molecule has 0 bridgehead atoms. The number of likely N-dealkylation sites (tertiary alicyclic amines) is 1. The topological polar surface area (TPSA) is 49.4 Å². The predicted molar refractivity (Wildman–Crippen MR) is 111 cm³/mol. The van der Waals surface area contributed by atoms with Gasteiger partial charge in [0.1, 0.15) is 0 Å². The summed E-state index contributed by atoms with van der Waals surface area (Å²) in [7, 11) is -3.22. The van der Waals surface area contributed by atoms with Crippen molar-refractivity contribution in [3.05, 3.63) is 29.8 Å². The summed E-state index contributed by atoms with van der Waals surface area (Å²) in [5, 5.41) is 0. The normalized spacial score (nSPS) is 31.6. The number of rotatable bonds is 7. The van der Waals surface area contributed by atoms with Crippen LogP contribution in [0.5, 0.6) is 0 Å². The van der Waals surface area contributed by atoms with Crippen LogP contribution in [-0.2, 0) is 15.4 Å². The van der Waals surface area contributed by atoms with E-state index in [9.17, 15) is 8.42 Å². The van der Waals surface area contributed by atoms with Gasteiger partial charge in [-0.25, -0.2) is 8.42 Å². The van der Waals surface area contributed by atoms with Gasteiger partial charge in [0.05, 0.1) is 6.26 Å². The highest BCUT2D eigenvalue weighted by molar-refractivity contribution is 7.92. The molecule has 2 atom stereocenters. The van der Waals surface area contributed by atoms with E-state index in [1.807, 2.05) is 18.2 Å². The summed E-state index contributed by atoms with van der Waals surface area (Å²) in [6, 6.07) is 8.01. The van der Waals surface area contributed by atoms with E-state index in [0.717, 1.165) is 17.8 Å². The predicted octanol–water partition coefficient (Wildman–Crippen LogP) is 4.24. The summed E-state index contributed by atoms with van der Waals surface area (Å²) >= 11 is 0. The smallest absolute Gasteiger partial charge is 0.229 e. The van der Waals surface area contributed by atoms with Crippen LogP contribution in [0, 0.1) is 17.8 Å². The second-order valence-corrected chi connectivity index (χ2v) is 11.1. The van der Waals surface area contributed by atoms with Gasteiger partial charge in [-0.2, -0.15) is 0 Å². The molecule has 4 rings (SSSR count). The number of sulfonamides is 1. The van der Waals surface area contributed by atoms with Crippen molar-refractivity contribution in [2.75, 3.05) is 30.6 Å². The molecule has 0 aromatic heterocycles. The van der Waals surface area contributed by atoms with Crippen LogP contribution in [0.1, 0.15) is 57.4 Å². The van der Waals surface area contributed by atoms with Gasteiger partial charge in [0.2, 0.25) is 10.0 Å². The molecule has 2 unspecified atom stereocenters. The maximum atomic E-state index is 11.5. The Hall–Kier alpha value is -1.07. The first-order chi connectivity index (χ1) is 12.9. The first-order valence-corrected chi connectivity index (χ1v) is 12.6. The van der Waals surface area contributed by atoms with E-state index in [1.54, 1.807) is 0 Å². The molecule has 150 valence electrons. The highest BCUT2D eigenvalue weighted by Gasteiger charge is 2.65. The molecule has 1 aromatic carbocycles. The van der Waals surface area contributed by atoms with Crippen molar-refractivity contribution in [2.24, 2.45) is 17.8 Å². The molecular weight excluding hydrogens is 356 g/mol. The number of hydrogen-bond donors (Lipinski definition) is 1. The Balaban J connectivity index is 1.29. The average molecular weight is 391 g/mol. The third kappa shape index (κ3) is 4.19. The van der Waals surface area contributed by atoms with Crippen LogP contribution in [0.4, 0.5) is 5.69 Å². The molecule has 27 heavy (non-hydrogen) atoms. The molecule has 0 spiro atoms. The molecule has 0 amide bonds. The fourth-order valence-electron chi connectivity index (χ4n) is 5.78. The molecule has 1 heterocycles. The maximum absolute atomic E-state index is 11.5. The Labute approximate surface area is 164 Å². The lowest BCUT2D eigenvalue weighted by molar-refractivity contribution is 0.253. The van der Waals surface area contributed by atoms with Crippen LogP contribution in [0.2, 0.25) is 0 Å². The summed E-state index contributed by atoms with van der Waals surface area (Å²) < 4.78 is 25.6. The van der Waals surface area contributed by atoms with Crippen LogP contribution in [0.25, 0.3) is 0 Å². The van der Waals surface area contributed by atoms with Crippen LogP contribution in [0.15, 0.2) is 24.3 Å². The fourth-order valence-corrected chi connectivity index (χ4v) is 6.34. The summed E-state index contributed by atoms with van der Waals surface area (Å²) in [6.45, 7) is 6.03. The molecule has 2 saturated carbocycles. The van der Waals surface area contributed by atoms with E-state index in [-0.39, 0.29) is 5.41 Å². The van der Waals surface area contributed by atoms with E-state index in [1.165, 1.54) is 76.4 Å². The lowest BCUT2D eigenvalue weighted by Gasteiger charge is -2.26. The molecule has 1 N–H and O–H groups in total. The SMILES string of the molecule is CC1(c2cccc(NS(C)(=O)=O)c2)C2CN(CCCC3CCCCC3)CC21. The fraction of sp³-hybridized carbons (Fsp3) is 0.727. The number of anilines is 1. The quantitative estimate of drug-likeness (QED) is 0.758. The standard InChI is InChI=1S/C22H34N2O2S/c1-22(18-11-6-12-19(14-18)23-27(2,25)26)20-15-24(16-21(20)22)13-7-10-17-8-4-3-5-9-17/h6,11-12,14,17,20-21,23H,3-5,7-10,13,15-16H2,1-2H3. The largest absolute Gasteiger partial charge is 0.303 e. The number of hydrogen-bond acceptors (Lipinski definition) is 3. The molecule has 5 heteroatoms. The van der Waals surface area contributed by atoms with Crippen molar-refractivity contribution in [1.82, 2.24) is 4.90 Å². The zero-order valence-electron chi connectivity index (χ0n) is 16.8. The second-order valence-electron chi connectivity index (χ2n) is 9.36. The second kappa shape index (κ2) is 7.40. The molecule has 1 aromatic rings. The minimum absolute atomic E-state index is 0.217. The van der Waals surface area contributed by atoms with Gasteiger partial charge in [-0.05, 0) is 54.8 Å². The molecule has 3 fully saturated rings. The number of piperidine rings is 1. The lowest BCUT2D eigenvalue weighted by atomic mass is 9.86. The van der Waals surface area contributed by atoms with Gasteiger partial charge < -0.3 is 4.90 Å². The van der Waals surface area contributed by atoms with Gasteiger partial charge in [-0.15, -0.1) is 0 Å². The lowest BCUT2D eigenvalue weighted by Crippen LogP contribution is -2.30. The van der Waals surface area contributed by atoms with Crippen LogP contribution < -0.4 is 4.72 Å². The third-order valence-corrected chi connectivity index (χ3v) is 8.03. The van der Waals surface area contributed by atoms with Crippen LogP contribution in [-0.4, -0.2) is 39.2 Å². The van der Waals surface area contributed by atoms with Gasteiger partial charge in [-0.1, -0.05) is 51.2 Å². The van der Waals surface area contributed by atoms with Gasteiger partial charge in [-0.3, -0.25) is 4.72 Å². The molecule has 1 saturated heterocycles. The summed E-state index contributed by atoms with van der Waals surface area (Å²) in [5.41, 5.74) is 2.19. The van der Waals surface area contributed by atoms with E-state index in [0.29, 0.717) is 5.69 Å². The summed E-state index contributed by atoms with van der Waals surface area (Å²) in [6.07, 6.45) is 11.2. The van der Waals surface area contributed by atoms with Crippen molar-refractivity contribution in [2.45, 2.75) is 57.3 Å². The van der Waals surface area contributed by atoms with E-state index in [2.05, 4.69) is 22.6 Å². The zero-order valence-corrected chi connectivity index (χ0v) is 17.6. The zero-order chi connectivity index (χ0) is 19.1. The van der Waals surface area contributed by atoms with Crippen molar-refractivity contribution in [3.8, 4) is 0 Å². The Morgan fingerprint density at radius 1 is 1.15 bits per heavy atom. The first-order valence-electron chi connectivity index (χ1n) is 10.7. The number of fused-ring (bicyclic) bond motifs is 1. The van der Waals surface area contributed by atoms with Crippen molar-refractivity contribution >= 4 is 15.7 Å². The Bertz CT molecular complexity index is 758. The van der Waals surface area contributed by atoms with E-state index in [4.69, 9.17) is 0 Å². The average Bonchev–Trinajstić information content (AvgIpc) is 2.98. The Morgan fingerprint density at radius 2 is 1.85 bits per heavy atom. The molecule has 0 radical (unpaired) electrons. The number of nitrogens with zero attached hydrogens (tertiary/aromatic N) is 1. The number of benzene rings is 1. The minimum Gasteiger partial charge on any atom is -0.303 e. The van der Waals surface area contributed by atoms with Crippen molar-refractivity contribution < 1.29 is 8.42 Å². The summed E-state index contributed by atoms with van der Waals surface area (Å²) in [4.78, 5) is 2.67. The van der Waals surface area contributed by atoms with Gasteiger partial charge in [0, 0.05) is 24.2 Å². The monoisotopic (exact) mass is 390 g/mol. The van der Waals surface area contributed by atoms with Gasteiger partial charge in [0.25, 0.3) is 0 Å².